The lowest BCUT2D eigenvalue weighted by atomic mass is 9.84. The Hall–Kier alpha value is -0.900. The lowest BCUT2D eigenvalue weighted by molar-refractivity contribution is -0.140. The third-order valence-electron chi connectivity index (χ3n) is 5.42. The van der Waals surface area contributed by atoms with Gasteiger partial charge in [0.05, 0.1) is 5.60 Å². The van der Waals surface area contributed by atoms with Gasteiger partial charge < -0.3 is 14.8 Å². The summed E-state index contributed by atoms with van der Waals surface area (Å²) in [6.07, 6.45) is 6.80. The zero-order valence-corrected chi connectivity index (χ0v) is 12.6. The van der Waals surface area contributed by atoms with E-state index in [1.807, 2.05) is 0 Å². The standard InChI is InChI=1S/C18H25NO2/c1-2-4-15-12-17(11-14(15)3-1)19-16-5-8-21-18(13-16)6-9-20-10-7-18/h1-4,16-17,19H,5-13H2/t16-/m0/s1. The lowest BCUT2D eigenvalue weighted by Crippen LogP contribution is -2.52. The molecule has 1 aliphatic carbocycles. The monoisotopic (exact) mass is 287 g/mol. The van der Waals surface area contributed by atoms with Crippen LogP contribution in [0, 0.1) is 0 Å². The van der Waals surface area contributed by atoms with Gasteiger partial charge in [-0.25, -0.2) is 0 Å². The van der Waals surface area contributed by atoms with Crippen LogP contribution in [0.3, 0.4) is 0 Å². The topological polar surface area (TPSA) is 30.5 Å². The summed E-state index contributed by atoms with van der Waals surface area (Å²) < 4.78 is 11.7. The van der Waals surface area contributed by atoms with Crippen molar-refractivity contribution in [3.63, 3.8) is 0 Å². The Morgan fingerprint density at radius 3 is 2.38 bits per heavy atom. The quantitative estimate of drug-likeness (QED) is 0.906. The zero-order valence-electron chi connectivity index (χ0n) is 12.6. The molecule has 3 nitrogen and oxygen atoms in total. The summed E-state index contributed by atoms with van der Waals surface area (Å²) >= 11 is 0. The van der Waals surface area contributed by atoms with Gasteiger partial charge in [0.15, 0.2) is 0 Å². The van der Waals surface area contributed by atoms with Crippen molar-refractivity contribution in [2.24, 2.45) is 0 Å². The molecule has 1 aromatic rings. The molecule has 0 saturated carbocycles. The van der Waals surface area contributed by atoms with Crippen LogP contribution in [0.5, 0.6) is 0 Å². The van der Waals surface area contributed by atoms with Gasteiger partial charge in [-0.05, 0) is 49.7 Å². The third kappa shape index (κ3) is 2.87. The van der Waals surface area contributed by atoms with E-state index in [4.69, 9.17) is 9.47 Å². The van der Waals surface area contributed by atoms with Crippen LogP contribution in [0.1, 0.15) is 36.8 Å². The van der Waals surface area contributed by atoms with Crippen molar-refractivity contribution in [2.45, 2.75) is 56.2 Å². The zero-order chi connectivity index (χ0) is 14.1. The molecule has 0 radical (unpaired) electrons. The SMILES string of the molecule is c1ccc2c(c1)CC(N[C@H]1CCOC3(CCOCC3)C1)C2. The summed E-state index contributed by atoms with van der Waals surface area (Å²) in [7, 11) is 0. The fourth-order valence-electron chi connectivity index (χ4n) is 4.27. The number of benzene rings is 1. The van der Waals surface area contributed by atoms with Crippen molar-refractivity contribution < 1.29 is 9.47 Å². The molecule has 2 heterocycles. The highest BCUT2D eigenvalue weighted by molar-refractivity contribution is 5.33. The van der Waals surface area contributed by atoms with E-state index in [1.54, 1.807) is 0 Å². The minimum Gasteiger partial charge on any atom is -0.381 e. The Labute approximate surface area is 127 Å². The van der Waals surface area contributed by atoms with E-state index in [0.29, 0.717) is 12.1 Å². The van der Waals surface area contributed by atoms with Crippen LogP contribution in [0.2, 0.25) is 0 Å². The van der Waals surface area contributed by atoms with E-state index in [9.17, 15) is 0 Å². The number of hydrogen-bond acceptors (Lipinski definition) is 3. The molecule has 0 amide bonds. The summed E-state index contributed by atoms with van der Waals surface area (Å²) in [4.78, 5) is 0. The molecule has 21 heavy (non-hydrogen) atoms. The molecular weight excluding hydrogens is 262 g/mol. The van der Waals surface area contributed by atoms with E-state index >= 15 is 0 Å². The Morgan fingerprint density at radius 2 is 1.67 bits per heavy atom. The van der Waals surface area contributed by atoms with E-state index in [2.05, 4.69) is 29.6 Å². The van der Waals surface area contributed by atoms with Gasteiger partial charge in [0.25, 0.3) is 0 Å². The summed E-state index contributed by atoms with van der Waals surface area (Å²) in [5.74, 6) is 0. The maximum atomic E-state index is 6.14. The summed E-state index contributed by atoms with van der Waals surface area (Å²) in [6.45, 7) is 2.63. The van der Waals surface area contributed by atoms with Gasteiger partial charge in [-0.1, -0.05) is 24.3 Å². The molecule has 2 aliphatic heterocycles. The molecule has 0 unspecified atom stereocenters. The normalized spacial score (nSPS) is 28.7. The van der Waals surface area contributed by atoms with Crippen molar-refractivity contribution in [3.8, 4) is 0 Å². The Balaban J connectivity index is 1.37. The fourth-order valence-corrected chi connectivity index (χ4v) is 4.27. The highest BCUT2D eigenvalue weighted by atomic mass is 16.5. The van der Waals surface area contributed by atoms with Crippen molar-refractivity contribution >= 4 is 0 Å². The number of fused-ring (bicyclic) bond motifs is 1. The molecular formula is C18H25NO2. The van der Waals surface area contributed by atoms with E-state index < -0.39 is 0 Å². The van der Waals surface area contributed by atoms with Crippen LogP contribution in [-0.2, 0) is 22.3 Å². The van der Waals surface area contributed by atoms with E-state index in [-0.39, 0.29) is 5.60 Å². The number of hydrogen-bond donors (Lipinski definition) is 1. The Bertz CT molecular complexity index is 465. The summed E-state index contributed by atoms with van der Waals surface area (Å²) in [5, 5.41) is 3.92. The largest absolute Gasteiger partial charge is 0.381 e. The number of nitrogens with one attached hydrogen (secondary N) is 1. The van der Waals surface area contributed by atoms with Crippen molar-refractivity contribution in [1.82, 2.24) is 5.32 Å². The van der Waals surface area contributed by atoms with Gasteiger partial charge in [0.2, 0.25) is 0 Å². The predicted molar refractivity (Wildman–Crippen MR) is 82.5 cm³/mol. The molecule has 114 valence electrons. The van der Waals surface area contributed by atoms with Crippen LogP contribution in [-0.4, -0.2) is 37.5 Å². The molecule has 1 aromatic carbocycles. The van der Waals surface area contributed by atoms with Gasteiger partial charge in [-0.2, -0.15) is 0 Å². The Kier molecular flexibility index (Phi) is 3.74. The van der Waals surface area contributed by atoms with Crippen LogP contribution >= 0.6 is 0 Å². The predicted octanol–water partition coefficient (Wildman–Crippen LogP) is 2.47. The molecule has 4 rings (SSSR count). The first-order chi connectivity index (χ1) is 10.3. The maximum Gasteiger partial charge on any atom is 0.0741 e. The van der Waals surface area contributed by atoms with Gasteiger partial charge in [-0.3, -0.25) is 0 Å². The fraction of sp³-hybridized carbons (Fsp3) is 0.667. The summed E-state index contributed by atoms with van der Waals surface area (Å²) in [5.41, 5.74) is 3.16. The highest BCUT2D eigenvalue weighted by Crippen LogP contribution is 2.35. The Morgan fingerprint density at radius 1 is 0.952 bits per heavy atom. The second kappa shape index (κ2) is 5.71. The second-order valence-corrected chi connectivity index (χ2v) is 6.87. The highest BCUT2D eigenvalue weighted by Gasteiger charge is 2.39. The lowest BCUT2D eigenvalue weighted by Gasteiger charge is -2.44. The van der Waals surface area contributed by atoms with Crippen molar-refractivity contribution in [1.29, 1.82) is 0 Å². The first-order valence-corrected chi connectivity index (χ1v) is 8.38. The minimum atomic E-state index is 0.0968. The van der Waals surface area contributed by atoms with Crippen molar-refractivity contribution in [2.75, 3.05) is 19.8 Å². The molecule has 2 fully saturated rings. The van der Waals surface area contributed by atoms with Gasteiger partial charge in [0, 0.05) is 31.9 Å². The molecule has 1 spiro atoms. The molecule has 3 heteroatoms. The van der Waals surface area contributed by atoms with Crippen LogP contribution in [0.15, 0.2) is 24.3 Å². The average Bonchev–Trinajstić information content (AvgIpc) is 2.90. The molecule has 3 aliphatic rings. The maximum absolute atomic E-state index is 6.14. The molecule has 2 saturated heterocycles. The average molecular weight is 287 g/mol. The third-order valence-corrected chi connectivity index (χ3v) is 5.42. The van der Waals surface area contributed by atoms with E-state index in [0.717, 1.165) is 45.5 Å². The first-order valence-electron chi connectivity index (χ1n) is 8.38. The van der Waals surface area contributed by atoms with Crippen LogP contribution in [0.4, 0.5) is 0 Å². The van der Waals surface area contributed by atoms with Gasteiger partial charge >= 0.3 is 0 Å². The minimum absolute atomic E-state index is 0.0968. The van der Waals surface area contributed by atoms with Gasteiger partial charge in [0.1, 0.15) is 0 Å². The summed E-state index contributed by atoms with van der Waals surface area (Å²) in [6, 6.07) is 10.1. The number of ether oxygens (including phenoxy) is 2. The van der Waals surface area contributed by atoms with Crippen LogP contribution in [0.25, 0.3) is 0 Å². The first kappa shape index (κ1) is 13.7. The second-order valence-electron chi connectivity index (χ2n) is 6.87. The van der Waals surface area contributed by atoms with Crippen LogP contribution < -0.4 is 5.32 Å². The molecule has 1 atom stereocenters. The van der Waals surface area contributed by atoms with Gasteiger partial charge in [-0.15, -0.1) is 0 Å². The smallest absolute Gasteiger partial charge is 0.0741 e. The van der Waals surface area contributed by atoms with E-state index in [1.165, 1.54) is 24.0 Å². The number of rotatable bonds is 2. The molecule has 1 N–H and O–H groups in total. The molecule has 0 bridgehead atoms. The van der Waals surface area contributed by atoms with Crippen molar-refractivity contribution in [3.05, 3.63) is 35.4 Å². The molecule has 0 aromatic heterocycles.